The van der Waals surface area contributed by atoms with Gasteiger partial charge in [0.1, 0.15) is 10.7 Å². The zero-order chi connectivity index (χ0) is 13.4. The highest BCUT2D eigenvalue weighted by atomic mass is 32.1. The Bertz CT molecular complexity index is 741. The van der Waals surface area contributed by atoms with Gasteiger partial charge < -0.3 is 0 Å². The van der Waals surface area contributed by atoms with E-state index in [1.807, 2.05) is 23.6 Å². The Hall–Kier alpha value is -1.80. The number of hydrogen-bond acceptors (Lipinski definition) is 6. The average Bonchev–Trinajstić information content (AvgIpc) is 3.07. The summed E-state index contributed by atoms with van der Waals surface area (Å²) in [4.78, 5) is 17.1. The number of imidazole rings is 1. The summed E-state index contributed by atoms with van der Waals surface area (Å²) in [5, 5.41) is 14.0. The van der Waals surface area contributed by atoms with Gasteiger partial charge in [-0.1, -0.05) is 18.3 Å². The highest BCUT2D eigenvalue weighted by molar-refractivity contribution is 7.15. The van der Waals surface area contributed by atoms with E-state index in [2.05, 4.69) is 20.5 Å². The van der Waals surface area contributed by atoms with E-state index in [9.17, 15) is 4.79 Å². The molecule has 3 heterocycles. The lowest BCUT2D eigenvalue weighted by molar-refractivity contribution is 0.102. The Morgan fingerprint density at radius 1 is 1.47 bits per heavy atom. The highest BCUT2D eigenvalue weighted by Crippen LogP contribution is 2.18. The van der Waals surface area contributed by atoms with Crippen LogP contribution in [-0.4, -0.2) is 25.5 Å². The van der Waals surface area contributed by atoms with Crippen LogP contribution in [0.2, 0.25) is 0 Å². The van der Waals surface area contributed by atoms with E-state index in [0.717, 1.165) is 22.1 Å². The van der Waals surface area contributed by atoms with Gasteiger partial charge in [-0.25, -0.2) is 4.98 Å². The molecule has 0 bridgehead atoms. The standard InChI is InChI=1S/C11H11N5OS2/c1-3-8-14-15-10(19-8)13-9(17)7-4-16-6(2)5-18-11(16)12-7/h4-5H,3H2,1-2H3,(H,13,15,17). The van der Waals surface area contributed by atoms with Gasteiger partial charge in [-0.05, 0) is 13.3 Å². The molecule has 0 fully saturated rings. The molecule has 0 saturated heterocycles. The number of nitrogens with zero attached hydrogens (tertiary/aromatic N) is 4. The van der Waals surface area contributed by atoms with Crippen molar-refractivity contribution in [2.24, 2.45) is 0 Å². The van der Waals surface area contributed by atoms with Gasteiger partial charge in [0, 0.05) is 17.3 Å². The first kappa shape index (κ1) is 12.2. The molecule has 0 unspecified atom stereocenters. The number of nitrogens with one attached hydrogen (secondary N) is 1. The van der Waals surface area contributed by atoms with Gasteiger partial charge in [0.15, 0.2) is 4.96 Å². The van der Waals surface area contributed by atoms with E-state index in [0.29, 0.717) is 10.8 Å². The van der Waals surface area contributed by atoms with Crippen LogP contribution in [0.3, 0.4) is 0 Å². The molecule has 0 saturated carbocycles. The molecule has 19 heavy (non-hydrogen) atoms. The second-order valence-corrected chi connectivity index (χ2v) is 5.86. The molecule has 0 radical (unpaired) electrons. The zero-order valence-corrected chi connectivity index (χ0v) is 12.0. The fourth-order valence-electron chi connectivity index (χ4n) is 1.61. The summed E-state index contributed by atoms with van der Waals surface area (Å²) in [6.07, 6.45) is 2.55. The molecule has 8 heteroatoms. The SMILES string of the molecule is CCc1nnc(NC(=O)c2cn3c(C)csc3n2)s1. The lowest BCUT2D eigenvalue weighted by Crippen LogP contribution is -2.12. The third-order valence-corrected chi connectivity index (χ3v) is 4.55. The molecule has 0 aliphatic carbocycles. The van der Waals surface area contributed by atoms with Crippen molar-refractivity contribution in [3.05, 3.63) is 28.0 Å². The van der Waals surface area contributed by atoms with Gasteiger partial charge in [-0.2, -0.15) is 0 Å². The first-order valence-corrected chi connectivity index (χ1v) is 7.44. The average molecular weight is 293 g/mol. The molecule has 3 aromatic heterocycles. The number of amides is 1. The minimum absolute atomic E-state index is 0.255. The summed E-state index contributed by atoms with van der Waals surface area (Å²) in [6.45, 7) is 3.98. The van der Waals surface area contributed by atoms with Crippen LogP contribution in [0.1, 0.15) is 28.1 Å². The van der Waals surface area contributed by atoms with Crippen LogP contribution in [0.5, 0.6) is 0 Å². The highest BCUT2D eigenvalue weighted by Gasteiger charge is 2.14. The number of aromatic nitrogens is 4. The van der Waals surface area contributed by atoms with Crippen molar-refractivity contribution in [3.63, 3.8) is 0 Å². The van der Waals surface area contributed by atoms with Crippen molar-refractivity contribution in [1.82, 2.24) is 19.6 Å². The molecular weight excluding hydrogens is 282 g/mol. The molecule has 3 rings (SSSR count). The van der Waals surface area contributed by atoms with Gasteiger partial charge in [0.05, 0.1) is 0 Å². The van der Waals surface area contributed by atoms with Crippen LogP contribution in [-0.2, 0) is 6.42 Å². The van der Waals surface area contributed by atoms with Crippen LogP contribution in [0.15, 0.2) is 11.6 Å². The molecule has 1 amide bonds. The Morgan fingerprint density at radius 3 is 3.00 bits per heavy atom. The van der Waals surface area contributed by atoms with Crippen LogP contribution >= 0.6 is 22.7 Å². The molecule has 1 N–H and O–H groups in total. The second kappa shape index (κ2) is 4.71. The predicted molar refractivity (Wildman–Crippen MR) is 75.0 cm³/mol. The number of carbonyl (C=O) groups excluding carboxylic acids is 1. The summed E-state index contributed by atoms with van der Waals surface area (Å²) in [5.74, 6) is -0.255. The topological polar surface area (TPSA) is 72.2 Å². The number of aryl methyl sites for hydroxylation is 2. The fourth-order valence-corrected chi connectivity index (χ4v) is 3.14. The van der Waals surface area contributed by atoms with Crippen LogP contribution in [0.4, 0.5) is 5.13 Å². The maximum atomic E-state index is 12.0. The van der Waals surface area contributed by atoms with Gasteiger partial charge in [0.2, 0.25) is 5.13 Å². The van der Waals surface area contributed by atoms with Gasteiger partial charge >= 0.3 is 0 Å². The van der Waals surface area contributed by atoms with Gasteiger partial charge in [-0.15, -0.1) is 21.5 Å². The van der Waals surface area contributed by atoms with E-state index < -0.39 is 0 Å². The lowest BCUT2D eigenvalue weighted by Gasteiger charge is -1.95. The van der Waals surface area contributed by atoms with Crippen molar-refractivity contribution in [2.75, 3.05) is 5.32 Å². The van der Waals surface area contributed by atoms with Crippen LogP contribution in [0, 0.1) is 6.92 Å². The molecule has 0 atom stereocenters. The van der Waals surface area contributed by atoms with Crippen molar-refractivity contribution in [2.45, 2.75) is 20.3 Å². The fraction of sp³-hybridized carbons (Fsp3) is 0.273. The molecule has 3 aromatic rings. The number of carbonyl (C=O) groups is 1. The third-order valence-electron chi connectivity index (χ3n) is 2.61. The van der Waals surface area contributed by atoms with E-state index in [4.69, 9.17) is 0 Å². The van der Waals surface area contributed by atoms with Gasteiger partial charge in [-0.3, -0.25) is 14.5 Å². The van der Waals surface area contributed by atoms with Crippen molar-refractivity contribution < 1.29 is 4.79 Å². The lowest BCUT2D eigenvalue weighted by atomic mass is 10.4. The molecule has 0 aromatic carbocycles. The van der Waals surface area contributed by atoms with Crippen LogP contribution < -0.4 is 5.32 Å². The zero-order valence-electron chi connectivity index (χ0n) is 10.4. The summed E-state index contributed by atoms with van der Waals surface area (Å²) >= 11 is 2.89. The number of hydrogen-bond donors (Lipinski definition) is 1. The second-order valence-electron chi connectivity index (χ2n) is 3.96. The summed E-state index contributed by atoms with van der Waals surface area (Å²) < 4.78 is 1.90. The summed E-state index contributed by atoms with van der Waals surface area (Å²) in [5.41, 5.74) is 1.46. The van der Waals surface area contributed by atoms with E-state index in [1.165, 1.54) is 22.7 Å². The van der Waals surface area contributed by atoms with Crippen molar-refractivity contribution >= 4 is 38.7 Å². The molecule has 0 spiro atoms. The normalized spacial score (nSPS) is 11.1. The number of thiazole rings is 1. The van der Waals surface area contributed by atoms with E-state index in [1.54, 1.807) is 6.20 Å². The maximum absolute atomic E-state index is 12.0. The Morgan fingerprint density at radius 2 is 2.32 bits per heavy atom. The molecule has 0 aliphatic heterocycles. The Kier molecular flexibility index (Phi) is 3.03. The molecule has 98 valence electrons. The number of fused-ring (bicyclic) bond motifs is 1. The maximum Gasteiger partial charge on any atom is 0.277 e. The number of anilines is 1. The first-order chi connectivity index (χ1) is 9.17. The quantitative estimate of drug-likeness (QED) is 0.804. The monoisotopic (exact) mass is 293 g/mol. The minimum Gasteiger partial charge on any atom is -0.295 e. The molecule has 0 aliphatic rings. The first-order valence-electron chi connectivity index (χ1n) is 5.74. The summed E-state index contributed by atoms with van der Waals surface area (Å²) in [7, 11) is 0. The predicted octanol–water partition coefficient (Wildman–Crippen LogP) is 2.37. The smallest absolute Gasteiger partial charge is 0.277 e. The summed E-state index contributed by atoms with van der Waals surface area (Å²) in [6, 6.07) is 0. The van der Waals surface area contributed by atoms with Crippen molar-refractivity contribution in [1.29, 1.82) is 0 Å². The third kappa shape index (κ3) is 2.24. The minimum atomic E-state index is -0.255. The van der Waals surface area contributed by atoms with E-state index >= 15 is 0 Å². The van der Waals surface area contributed by atoms with E-state index in [-0.39, 0.29) is 5.91 Å². The Labute approximate surface area is 117 Å². The Balaban J connectivity index is 1.83. The molecular formula is C11H11N5OS2. The number of rotatable bonds is 3. The van der Waals surface area contributed by atoms with Gasteiger partial charge in [0.25, 0.3) is 5.91 Å². The molecule has 6 nitrogen and oxygen atoms in total. The van der Waals surface area contributed by atoms with Crippen LogP contribution in [0.25, 0.3) is 4.96 Å². The largest absolute Gasteiger partial charge is 0.295 e. The van der Waals surface area contributed by atoms with Crippen molar-refractivity contribution in [3.8, 4) is 0 Å².